The van der Waals surface area contributed by atoms with E-state index < -0.39 is 0 Å². The third-order valence-corrected chi connectivity index (χ3v) is 6.62. The van der Waals surface area contributed by atoms with Crippen molar-refractivity contribution in [2.75, 3.05) is 12.5 Å². The van der Waals surface area contributed by atoms with Gasteiger partial charge in [-0.25, -0.2) is 9.97 Å². The summed E-state index contributed by atoms with van der Waals surface area (Å²) in [4.78, 5) is 35.5. The van der Waals surface area contributed by atoms with Gasteiger partial charge in [0.25, 0.3) is 11.1 Å². The van der Waals surface area contributed by atoms with Crippen molar-refractivity contribution in [3.63, 3.8) is 0 Å². The highest BCUT2D eigenvalue weighted by Gasteiger charge is 2.15. The zero-order chi connectivity index (χ0) is 26.6. The molecule has 5 rings (SSSR count). The van der Waals surface area contributed by atoms with Crippen molar-refractivity contribution in [3.05, 3.63) is 116 Å². The van der Waals surface area contributed by atoms with Gasteiger partial charge in [-0.3, -0.25) is 18.4 Å². The van der Waals surface area contributed by atoms with E-state index in [4.69, 9.17) is 21.1 Å². The lowest BCUT2D eigenvalue weighted by atomic mass is 10.1. The van der Waals surface area contributed by atoms with Crippen LogP contribution in [0.2, 0.25) is 0 Å². The van der Waals surface area contributed by atoms with Gasteiger partial charge < -0.3 is 9.47 Å². The van der Waals surface area contributed by atoms with Gasteiger partial charge in [0.1, 0.15) is 6.61 Å². The maximum atomic E-state index is 13.4. The minimum Gasteiger partial charge on any atom is -0.489 e. The highest BCUT2D eigenvalue weighted by atomic mass is 35.5. The van der Waals surface area contributed by atoms with Crippen LogP contribution in [0.15, 0.2) is 76.6 Å². The smallest absolute Gasteiger partial charge is 0.261 e. The third kappa shape index (κ3) is 4.99. The number of aryl methyl sites for hydroxylation is 2. The maximum absolute atomic E-state index is 13.4. The molecule has 9 heteroatoms. The number of alkyl halides is 1. The minimum absolute atomic E-state index is 0.156. The van der Waals surface area contributed by atoms with Gasteiger partial charge in [-0.15, -0.1) is 11.6 Å². The van der Waals surface area contributed by atoms with E-state index in [1.807, 2.05) is 43.3 Å². The summed E-state index contributed by atoms with van der Waals surface area (Å²) in [7, 11) is 0. The Kier molecular flexibility index (Phi) is 7.42. The van der Waals surface area contributed by atoms with Gasteiger partial charge in [-0.1, -0.05) is 30.3 Å². The van der Waals surface area contributed by atoms with Crippen molar-refractivity contribution >= 4 is 22.9 Å². The molecule has 194 valence electrons. The molecule has 8 nitrogen and oxygen atoms in total. The second-order valence-electron chi connectivity index (χ2n) is 8.91. The molecule has 0 saturated carbocycles. The van der Waals surface area contributed by atoms with E-state index in [1.54, 1.807) is 37.5 Å². The summed E-state index contributed by atoms with van der Waals surface area (Å²) in [5.74, 6) is 1.35. The van der Waals surface area contributed by atoms with Crippen molar-refractivity contribution in [1.82, 2.24) is 18.8 Å². The number of nitrogens with zero attached hydrogens (tertiary/aromatic N) is 4. The first kappa shape index (κ1) is 25.5. The number of hydrogen-bond acceptors (Lipinski definition) is 6. The second kappa shape index (κ2) is 11.1. The number of rotatable bonds is 9. The molecular weight excluding hydrogens is 504 g/mol. The molecule has 0 spiro atoms. The van der Waals surface area contributed by atoms with Crippen molar-refractivity contribution in [1.29, 1.82) is 0 Å². The summed E-state index contributed by atoms with van der Waals surface area (Å²) >= 11 is 5.86. The van der Waals surface area contributed by atoms with E-state index in [-0.39, 0.29) is 17.7 Å². The molecule has 4 aromatic heterocycles. The Labute approximate surface area is 224 Å². The van der Waals surface area contributed by atoms with Crippen molar-refractivity contribution in [2.24, 2.45) is 0 Å². The lowest BCUT2D eigenvalue weighted by Gasteiger charge is -2.14. The molecule has 0 aliphatic heterocycles. The number of aromatic nitrogens is 4. The molecule has 4 heterocycles. The molecular formula is C29H27ClN4O4. The molecule has 0 unspecified atom stereocenters. The van der Waals surface area contributed by atoms with Gasteiger partial charge in [0.2, 0.25) is 0 Å². The average Bonchev–Trinajstić information content (AvgIpc) is 2.92. The summed E-state index contributed by atoms with van der Waals surface area (Å²) in [6.07, 6.45) is 4.14. The van der Waals surface area contributed by atoms with Crippen molar-refractivity contribution in [2.45, 2.75) is 33.3 Å². The van der Waals surface area contributed by atoms with E-state index in [2.05, 4.69) is 9.97 Å². The van der Waals surface area contributed by atoms with Gasteiger partial charge in [0.15, 0.2) is 22.8 Å². The lowest BCUT2D eigenvalue weighted by molar-refractivity contribution is 0.307. The van der Waals surface area contributed by atoms with E-state index in [0.717, 1.165) is 5.56 Å². The maximum Gasteiger partial charge on any atom is 0.261 e. The molecule has 0 fully saturated rings. The van der Waals surface area contributed by atoms with Crippen LogP contribution in [0.1, 0.15) is 28.1 Å². The highest BCUT2D eigenvalue weighted by Crippen LogP contribution is 2.21. The number of pyridine rings is 2. The van der Waals surface area contributed by atoms with Crippen LogP contribution in [-0.2, 0) is 19.4 Å². The third-order valence-electron chi connectivity index (χ3n) is 6.43. The Hall–Kier alpha value is -4.17. The number of benzene rings is 1. The van der Waals surface area contributed by atoms with Crippen LogP contribution in [0.25, 0.3) is 11.3 Å². The predicted octanol–water partition coefficient (Wildman–Crippen LogP) is 4.30. The molecule has 0 amide bonds. The average molecular weight is 531 g/mol. The van der Waals surface area contributed by atoms with E-state index in [9.17, 15) is 9.59 Å². The first-order valence-corrected chi connectivity index (χ1v) is 12.9. The summed E-state index contributed by atoms with van der Waals surface area (Å²) < 4.78 is 15.0. The lowest BCUT2D eigenvalue weighted by Crippen LogP contribution is -2.24. The molecule has 0 saturated heterocycles. The topological polar surface area (TPSA) is 87.2 Å². The summed E-state index contributed by atoms with van der Waals surface area (Å²) in [5, 5.41) is 0. The van der Waals surface area contributed by atoms with Gasteiger partial charge in [-0.2, -0.15) is 0 Å². The van der Waals surface area contributed by atoms with Crippen LogP contribution in [0, 0.1) is 13.8 Å². The Morgan fingerprint density at radius 3 is 1.87 bits per heavy atom. The van der Waals surface area contributed by atoms with Crippen LogP contribution < -0.4 is 20.6 Å². The Morgan fingerprint density at radius 1 is 0.737 bits per heavy atom. The zero-order valence-corrected chi connectivity index (χ0v) is 21.9. The van der Waals surface area contributed by atoms with E-state index in [1.165, 1.54) is 8.80 Å². The first-order valence-electron chi connectivity index (χ1n) is 12.3. The summed E-state index contributed by atoms with van der Waals surface area (Å²) in [6, 6.07) is 16.9. The molecule has 0 aliphatic rings. The normalized spacial score (nSPS) is 11.2. The highest BCUT2D eigenvalue weighted by molar-refractivity contribution is 6.18. The Balaban J connectivity index is 1.38. The SMILES string of the molecule is Cc1nc2c(OCCc3c(C)nc4c(OCc5ccccc5)cccn4c3=O)cccn2c(=O)c1CCCl. The van der Waals surface area contributed by atoms with Crippen LogP contribution in [0.3, 0.4) is 0 Å². The Morgan fingerprint density at radius 2 is 1.29 bits per heavy atom. The predicted molar refractivity (Wildman–Crippen MR) is 147 cm³/mol. The van der Waals surface area contributed by atoms with Crippen LogP contribution in [-0.4, -0.2) is 31.3 Å². The minimum atomic E-state index is -0.171. The zero-order valence-electron chi connectivity index (χ0n) is 21.2. The van der Waals surface area contributed by atoms with Crippen molar-refractivity contribution in [3.8, 4) is 11.5 Å². The molecule has 38 heavy (non-hydrogen) atoms. The molecule has 0 aliphatic carbocycles. The van der Waals surface area contributed by atoms with Crippen LogP contribution >= 0.6 is 11.6 Å². The molecule has 0 atom stereocenters. The molecule has 0 radical (unpaired) electrons. The largest absolute Gasteiger partial charge is 0.489 e. The quantitative estimate of drug-likeness (QED) is 0.264. The number of hydrogen-bond donors (Lipinski definition) is 0. The van der Waals surface area contributed by atoms with Gasteiger partial charge in [-0.05, 0) is 50.1 Å². The van der Waals surface area contributed by atoms with Crippen LogP contribution in [0.4, 0.5) is 0 Å². The number of ether oxygens (including phenoxy) is 2. The molecule has 0 N–H and O–H groups in total. The number of fused-ring (bicyclic) bond motifs is 2. The van der Waals surface area contributed by atoms with Gasteiger partial charge >= 0.3 is 0 Å². The summed E-state index contributed by atoms with van der Waals surface area (Å²) in [6.45, 7) is 4.19. The van der Waals surface area contributed by atoms with E-state index in [0.29, 0.717) is 70.6 Å². The van der Waals surface area contributed by atoms with Gasteiger partial charge in [0.05, 0.1) is 6.61 Å². The standard InChI is InChI=1S/C29H27ClN4O4/c1-19-22(12-14-30)28(35)33-15-6-10-24(26(33)31-19)37-17-13-23-20(2)32-27-25(11-7-16-34(27)29(23)36)38-18-21-8-4-3-5-9-21/h3-11,15-16H,12-14,17-18H2,1-2H3. The fourth-order valence-corrected chi connectivity index (χ4v) is 4.64. The monoisotopic (exact) mass is 530 g/mol. The molecule has 1 aromatic carbocycles. The van der Waals surface area contributed by atoms with E-state index >= 15 is 0 Å². The fourth-order valence-electron chi connectivity index (χ4n) is 4.45. The summed E-state index contributed by atoms with van der Waals surface area (Å²) in [5.41, 5.74) is 3.98. The van der Waals surface area contributed by atoms with Gasteiger partial charge in [0, 0.05) is 47.2 Å². The van der Waals surface area contributed by atoms with Crippen molar-refractivity contribution < 1.29 is 9.47 Å². The number of halogens is 1. The fraction of sp³-hybridized carbons (Fsp3) is 0.241. The second-order valence-corrected chi connectivity index (χ2v) is 9.28. The van der Waals surface area contributed by atoms with Crippen LogP contribution in [0.5, 0.6) is 11.5 Å². The molecule has 0 bridgehead atoms. The first-order chi connectivity index (χ1) is 18.5. The molecule has 5 aromatic rings. The Bertz CT molecular complexity index is 1730.